The van der Waals surface area contributed by atoms with Gasteiger partial charge < -0.3 is 9.47 Å². The van der Waals surface area contributed by atoms with E-state index < -0.39 is 11.6 Å². The van der Waals surface area contributed by atoms with E-state index in [9.17, 15) is 9.18 Å². The molecular weight excluding hydrogens is 363 g/mol. The van der Waals surface area contributed by atoms with Crippen LogP contribution in [-0.4, -0.2) is 20.0 Å². The molecule has 0 saturated heterocycles. The fourth-order valence-corrected chi connectivity index (χ4v) is 2.27. The van der Waals surface area contributed by atoms with E-state index in [1.807, 2.05) is 0 Å². The molecule has 21 heavy (non-hydrogen) atoms. The average Bonchev–Trinajstić information content (AvgIpc) is 2.49. The lowest BCUT2D eigenvalue weighted by Crippen LogP contribution is -2.05. The average molecular weight is 374 g/mol. The van der Waals surface area contributed by atoms with Gasteiger partial charge in [0.1, 0.15) is 17.3 Å². The molecule has 0 fully saturated rings. The van der Waals surface area contributed by atoms with Crippen LogP contribution in [0.2, 0.25) is 5.02 Å². The van der Waals surface area contributed by atoms with Crippen LogP contribution < -0.4 is 9.47 Å². The van der Waals surface area contributed by atoms with Gasteiger partial charge in [-0.15, -0.1) is 0 Å². The highest BCUT2D eigenvalue weighted by atomic mass is 79.9. The Labute approximate surface area is 134 Å². The van der Waals surface area contributed by atoms with E-state index in [0.29, 0.717) is 16.0 Å². The molecule has 2 rings (SSSR count). The normalized spacial score (nSPS) is 10.3. The molecule has 3 nitrogen and oxygen atoms in total. The number of ether oxygens (including phenoxy) is 2. The molecule has 0 unspecified atom stereocenters. The first-order valence-corrected chi connectivity index (χ1v) is 7.05. The van der Waals surface area contributed by atoms with Gasteiger partial charge >= 0.3 is 0 Å². The number of ketones is 1. The number of hydrogen-bond donors (Lipinski definition) is 0. The Kier molecular flexibility index (Phi) is 4.85. The fraction of sp³-hybridized carbons (Fsp3) is 0.133. The molecule has 2 aromatic rings. The van der Waals surface area contributed by atoms with E-state index in [2.05, 4.69) is 15.9 Å². The maximum absolute atomic E-state index is 14.0. The molecule has 0 aliphatic carbocycles. The van der Waals surface area contributed by atoms with Crippen molar-refractivity contribution in [3.05, 3.63) is 56.8 Å². The minimum Gasteiger partial charge on any atom is -0.497 e. The van der Waals surface area contributed by atoms with Gasteiger partial charge in [-0.25, -0.2) is 4.39 Å². The predicted molar refractivity (Wildman–Crippen MR) is 82.1 cm³/mol. The lowest BCUT2D eigenvalue weighted by atomic mass is 10.0. The molecule has 6 heteroatoms. The SMILES string of the molecule is COc1cc(OC)cc(C(=O)c2cc(Cl)c(Br)cc2F)c1. The summed E-state index contributed by atoms with van der Waals surface area (Å²) in [5, 5.41) is 0.259. The smallest absolute Gasteiger partial charge is 0.196 e. The van der Waals surface area contributed by atoms with Crippen LogP contribution in [-0.2, 0) is 0 Å². The number of hydrogen-bond acceptors (Lipinski definition) is 3. The zero-order valence-corrected chi connectivity index (χ0v) is 13.6. The summed E-state index contributed by atoms with van der Waals surface area (Å²) in [6, 6.07) is 7.10. The molecule has 2 aromatic carbocycles. The second-order valence-electron chi connectivity index (χ2n) is 4.18. The molecule has 0 aliphatic heterocycles. The van der Waals surface area contributed by atoms with Crippen molar-refractivity contribution in [1.29, 1.82) is 0 Å². The monoisotopic (exact) mass is 372 g/mol. The summed E-state index contributed by atoms with van der Waals surface area (Å²) in [4.78, 5) is 12.4. The van der Waals surface area contributed by atoms with Crippen molar-refractivity contribution < 1.29 is 18.7 Å². The van der Waals surface area contributed by atoms with Gasteiger partial charge in [0.2, 0.25) is 0 Å². The van der Waals surface area contributed by atoms with Crippen molar-refractivity contribution in [2.75, 3.05) is 14.2 Å². The van der Waals surface area contributed by atoms with Crippen LogP contribution in [0.3, 0.4) is 0 Å². The molecule has 110 valence electrons. The Morgan fingerprint density at radius 2 is 1.67 bits per heavy atom. The van der Waals surface area contributed by atoms with Gasteiger partial charge in [-0.2, -0.15) is 0 Å². The predicted octanol–water partition coefficient (Wildman–Crippen LogP) is 4.49. The lowest BCUT2D eigenvalue weighted by molar-refractivity contribution is 0.103. The second-order valence-corrected chi connectivity index (χ2v) is 5.44. The van der Waals surface area contributed by atoms with E-state index in [1.165, 1.54) is 32.4 Å². The summed E-state index contributed by atoms with van der Waals surface area (Å²) >= 11 is 9.03. The molecule has 0 atom stereocenters. The highest BCUT2D eigenvalue weighted by Gasteiger charge is 2.18. The van der Waals surface area contributed by atoms with Crippen molar-refractivity contribution in [3.8, 4) is 11.5 Å². The van der Waals surface area contributed by atoms with E-state index in [1.54, 1.807) is 6.07 Å². The van der Waals surface area contributed by atoms with Crippen molar-refractivity contribution in [2.24, 2.45) is 0 Å². The van der Waals surface area contributed by atoms with Crippen LogP contribution >= 0.6 is 27.5 Å². The van der Waals surface area contributed by atoms with Gasteiger partial charge in [-0.1, -0.05) is 11.6 Å². The summed E-state index contributed by atoms with van der Waals surface area (Å²) in [7, 11) is 2.94. The molecule has 0 spiro atoms. The largest absolute Gasteiger partial charge is 0.497 e. The van der Waals surface area contributed by atoms with Gasteiger partial charge in [0.25, 0.3) is 0 Å². The first-order chi connectivity index (χ1) is 9.96. The number of benzene rings is 2. The zero-order chi connectivity index (χ0) is 15.6. The molecule has 0 amide bonds. The van der Waals surface area contributed by atoms with Crippen molar-refractivity contribution in [1.82, 2.24) is 0 Å². The molecule has 0 heterocycles. The van der Waals surface area contributed by atoms with Crippen LogP contribution in [0, 0.1) is 5.82 Å². The fourth-order valence-electron chi connectivity index (χ4n) is 1.79. The maximum atomic E-state index is 14.0. The summed E-state index contributed by atoms with van der Waals surface area (Å²) < 4.78 is 24.5. The van der Waals surface area contributed by atoms with E-state index >= 15 is 0 Å². The summed E-state index contributed by atoms with van der Waals surface area (Å²) in [5.41, 5.74) is 0.141. The Morgan fingerprint density at radius 1 is 1.10 bits per heavy atom. The minimum absolute atomic E-state index is 0.112. The van der Waals surface area contributed by atoms with Gasteiger partial charge in [0, 0.05) is 16.1 Å². The Hall–Kier alpha value is -1.59. The highest BCUT2D eigenvalue weighted by Crippen LogP contribution is 2.29. The molecule has 0 aromatic heterocycles. The van der Waals surface area contributed by atoms with Gasteiger partial charge in [-0.05, 0) is 40.2 Å². The minimum atomic E-state index is -0.655. The van der Waals surface area contributed by atoms with Gasteiger partial charge in [0.15, 0.2) is 5.78 Å². The molecule has 0 saturated carbocycles. The number of rotatable bonds is 4. The number of carbonyl (C=O) groups excluding carboxylic acids is 1. The lowest BCUT2D eigenvalue weighted by Gasteiger charge is -2.09. The molecular formula is C15H11BrClFO3. The highest BCUT2D eigenvalue weighted by molar-refractivity contribution is 9.10. The number of carbonyl (C=O) groups is 1. The van der Waals surface area contributed by atoms with E-state index in [-0.39, 0.29) is 16.1 Å². The van der Waals surface area contributed by atoms with Crippen molar-refractivity contribution >= 4 is 33.3 Å². The van der Waals surface area contributed by atoms with Crippen molar-refractivity contribution in [2.45, 2.75) is 0 Å². The Balaban J connectivity index is 2.52. The van der Waals surface area contributed by atoms with E-state index in [0.717, 1.165) is 6.07 Å². The third kappa shape index (κ3) is 3.36. The number of methoxy groups -OCH3 is 2. The van der Waals surface area contributed by atoms with Crippen LogP contribution in [0.5, 0.6) is 11.5 Å². The summed E-state index contributed by atoms with van der Waals surface area (Å²) in [5.74, 6) is -0.264. The topological polar surface area (TPSA) is 35.5 Å². The van der Waals surface area contributed by atoms with Crippen LogP contribution in [0.4, 0.5) is 4.39 Å². The van der Waals surface area contributed by atoms with Crippen LogP contribution in [0.1, 0.15) is 15.9 Å². The standard InChI is InChI=1S/C15H11BrClFO3/c1-20-9-3-8(4-10(5-9)21-2)15(19)11-6-13(17)12(16)7-14(11)18/h3-7H,1-2H3. The first kappa shape index (κ1) is 15.8. The zero-order valence-electron chi connectivity index (χ0n) is 11.2. The third-order valence-corrected chi connectivity index (χ3v) is 4.07. The number of halogens is 3. The third-order valence-electron chi connectivity index (χ3n) is 2.87. The van der Waals surface area contributed by atoms with E-state index in [4.69, 9.17) is 21.1 Å². The van der Waals surface area contributed by atoms with Crippen molar-refractivity contribution in [3.63, 3.8) is 0 Å². The molecule has 0 bridgehead atoms. The van der Waals surface area contributed by atoms with Gasteiger partial charge in [0.05, 0.1) is 24.8 Å². The Bertz CT molecular complexity index is 681. The van der Waals surface area contributed by atoms with Crippen LogP contribution in [0.25, 0.3) is 0 Å². The second kappa shape index (κ2) is 6.45. The maximum Gasteiger partial charge on any atom is 0.196 e. The Morgan fingerprint density at radius 3 is 2.19 bits per heavy atom. The first-order valence-electron chi connectivity index (χ1n) is 5.88. The molecule has 0 N–H and O–H groups in total. The quantitative estimate of drug-likeness (QED) is 0.585. The van der Waals surface area contributed by atoms with Gasteiger partial charge in [-0.3, -0.25) is 4.79 Å². The summed E-state index contributed by atoms with van der Waals surface area (Å²) in [6.45, 7) is 0. The summed E-state index contributed by atoms with van der Waals surface area (Å²) in [6.07, 6.45) is 0. The van der Waals surface area contributed by atoms with Crippen LogP contribution in [0.15, 0.2) is 34.8 Å². The molecule has 0 radical (unpaired) electrons. The molecule has 0 aliphatic rings.